The highest BCUT2D eigenvalue weighted by Crippen LogP contribution is 2.25. The lowest BCUT2D eigenvalue weighted by atomic mass is 10.2. The number of hydrogen-bond acceptors (Lipinski definition) is 5. The Morgan fingerprint density at radius 3 is 2.75 bits per heavy atom. The summed E-state index contributed by atoms with van der Waals surface area (Å²) in [5.74, 6) is -1.94. The lowest BCUT2D eigenvalue weighted by Gasteiger charge is -2.35. The fraction of sp³-hybridized carbons (Fsp3) is 0.333. The van der Waals surface area contributed by atoms with Crippen molar-refractivity contribution in [2.24, 2.45) is 0 Å². The predicted molar refractivity (Wildman–Crippen MR) is 91.2 cm³/mol. The number of amides is 1. The summed E-state index contributed by atoms with van der Waals surface area (Å²) in [4.78, 5) is 17.6. The Morgan fingerprint density at radius 2 is 2.11 bits per heavy atom. The quantitative estimate of drug-likeness (QED) is 0.781. The van der Waals surface area contributed by atoms with Crippen molar-refractivity contribution < 1.29 is 31.8 Å². The molecule has 1 aliphatic heterocycles. The van der Waals surface area contributed by atoms with E-state index in [1.165, 1.54) is 30.2 Å². The van der Waals surface area contributed by atoms with Gasteiger partial charge >= 0.3 is 6.11 Å². The normalized spacial score (nSPS) is 17.8. The molecule has 0 radical (unpaired) electrons. The Balaban J connectivity index is 1.59. The van der Waals surface area contributed by atoms with E-state index in [-0.39, 0.29) is 30.5 Å². The predicted octanol–water partition coefficient (Wildman–Crippen LogP) is 3.40. The molecule has 3 rings (SSSR count). The first-order chi connectivity index (χ1) is 13.2. The van der Waals surface area contributed by atoms with Gasteiger partial charge in [0.1, 0.15) is 17.4 Å². The fourth-order valence-electron chi connectivity index (χ4n) is 2.60. The van der Waals surface area contributed by atoms with E-state index in [1.807, 2.05) is 0 Å². The van der Waals surface area contributed by atoms with Crippen molar-refractivity contribution in [1.82, 2.24) is 9.88 Å². The first-order valence-corrected chi connectivity index (χ1v) is 8.39. The van der Waals surface area contributed by atoms with Crippen LogP contribution in [0.1, 0.15) is 6.92 Å². The SMILES string of the molecule is CC(C(=O)Nc1ccc(Oc2ccc(F)cc2F)cn1)N1CCOC(F)(F)C1. The summed E-state index contributed by atoms with van der Waals surface area (Å²) in [6.45, 7) is 0.860. The Labute approximate surface area is 158 Å². The van der Waals surface area contributed by atoms with Gasteiger partial charge < -0.3 is 14.8 Å². The molecule has 1 fully saturated rings. The number of benzene rings is 1. The van der Waals surface area contributed by atoms with Gasteiger partial charge in [0.25, 0.3) is 0 Å². The maximum atomic E-state index is 13.6. The lowest BCUT2D eigenvalue weighted by Crippen LogP contribution is -2.53. The van der Waals surface area contributed by atoms with Crippen LogP contribution in [0, 0.1) is 11.6 Å². The topological polar surface area (TPSA) is 63.7 Å². The average Bonchev–Trinajstić information content (AvgIpc) is 2.64. The average molecular weight is 399 g/mol. The summed E-state index contributed by atoms with van der Waals surface area (Å²) >= 11 is 0. The van der Waals surface area contributed by atoms with Crippen LogP contribution in [-0.4, -0.2) is 47.6 Å². The summed E-state index contributed by atoms with van der Waals surface area (Å²) in [6, 6.07) is 4.90. The number of nitrogens with one attached hydrogen (secondary N) is 1. The summed E-state index contributed by atoms with van der Waals surface area (Å²) < 4.78 is 62.7. The Morgan fingerprint density at radius 1 is 1.32 bits per heavy atom. The summed E-state index contributed by atoms with van der Waals surface area (Å²) in [5.41, 5.74) is 0. The number of rotatable bonds is 5. The fourth-order valence-corrected chi connectivity index (χ4v) is 2.60. The highest BCUT2D eigenvalue weighted by Gasteiger charge is 2.39. The molecule has 1 aliphatic rings. The molecular formula is C18H17F4N3O3. The Hall–Kier alpha value is -2.72. The molecule has 28 heavy (non-hydrogen) atoms. The molecule has 2 heterocycles. The summed E-state index contributed by atoms with van der Waals surface area (Å²) in [6.07, 6.45) is -2.05. The van der Waals surface area contributed by atoms with Crippen molar-refractivity contribution >= 4 is 11.7 Å². The first-order valence-electron chi connectivity index (χ1n) is 8.39. The Bertz CT molecular complexity index is 848. The van der Waals surface area contributed by atoms with E-state index in [4.69, 9.17) is 4.74 Å². The summed E-state index contributed by atoms with van der Waals surface area (Å²) in [5, 5.41) is 2.52. The van der Waals surface area contributed by atoms with E-state index in [9.17, 15) is 22.4 Å². The maximum Gasteiger partial charge on any atom is 0.368 e. The van der Waals surface area contributed by atoms with Gasteiger partial charge in [0.2, 0.25) is 5.91 Å². The van der Waals surface area contributed by atoms with Crippen LogP contribution in [0.25, 0.3) is 0 Å². The minimum absolute atomic E-state index is 0.170. The molecule has 0 saturated carbocycles. The molecular weight excluding hydrogens is 382 g/mol. The molecule has 0 aliphatic carbocycles. The van der Waals surface area contributed by atoms with Crippen LogP contribution in [0.5, 0.6) is 11.5 Å². The number of anilines is 1. The molecule has 0 bridgehead atoms. The molecule has 0 spiro atoms. The molecule has 6 nitrogen and oxygen atoms in total. The van der Waals surface area contributed by atoms with E-state index in [1.54, 1.807) is 0 Å². The van der Waals surface area contributed by atoms with E-state index in [0.717, 1.165) is 12.1 Å². The van der Waals surface area contributed by atoms with Crippen LogP contribution >= 0.6 is 0 Å². The van der Waals surface area contributed by atoms with Gasteiger partial charge in [-0.15, -0.1) is 0 Å². The smallest absolute Gasteiger partial charge is 0.368 e. The number of halogens is 4. The third kappa shape index (κ3) is 4.96. The van der Waals surface area contributed by atoms with Gasteiger partial charge in [0.05, 0.1) is 25.4 Å². The van der Waals surface area contributed by atoms with Crippen LogP contribution in [0.2, 0.25) is 0 Å². The number of hydrogen-bond donors (Lipinski definition) is 1. The molecule has 10 heteroatoms. The third-order valence-electron chi connectivity index (χ3n) is 4.12. The second-order valence-electron chi connectivity index (χ2n) is 6.18. The molecule has 1 aromatic heterocycles. The molecule has 1 atom stereocenters. The van der Waals surface area contributed by atoms with Crippen LogP contribution in [0.4, 0.5) is 23.4 Å². The van der Waals surface area contributed by atoms with Crippen LogP contribution < -0.4 is 10.1 Å². The molecule has 2 aromatic rings. The number of carbonyl (C=O) groups excluding carboxylic acids is 1. The van der Waals surface area contributed by atoms with Crippen molar-refractivity contribution in [1.29, 1.82) is 0 Å². The highest BCUT2D eigenvalue weighted by atomic mass is 19.3. The van der Waals surface area contributed by atoms with E-state index in [2.05, 4.69) is 15.0 Å². The maximum absolute atomic E-state index is 13.6. The van der Waals surface area contributed by atoms with Crippen molar-refractivity contribution in [2.45, 2.75) is 19.1 Å². The largest absolute Gasteiger partial charge is 0.453 e. The van der Waals surface area contributed by atoms with Gasteiger partial charge in [0, 0.05) is 12.6 Å². The number of pyridine rings is 1. The van der Waals surface area contributed by atoms with Crippen LogP contribution in [-0.2, 0) is 9.53 Å². The minimum Gasteiger partial charge on any atom is -0.453 e. The van der Waals surface area contributed by atoms with E-state index < -0.39 is 36.2 Å². The lowest BCUT2D eigenvalue weighted by molar-refractivity contribution is -0.272. The van der Waals surface area contributed by atoms with Gasteiger partial charge in [-0.25, -0.2) is 13.8 Å². The highest BCUT2D eigenvalue weighted by molar-refractivity contribution is 5.93. The van der Waals surface area contributed by atoms with Crippen molar-refractivity contribution in [3.05, 3.63) is 48.2 Å². The van der Waals surface area contributed by atoms with Crippen molar-refractivity contribution in [3.63, 3.8) is 0 Å². The minimum atomic E-state index is -3.29. The second kappa shape index (κ2) is 8.11. The molecule has 1 aromatic carbocycles. The molecule has 1 unspecified atom stereocenters. The zero-order chi connectivity index (χ0) is 20.3. The van der Waals surface area contributed by atoms with E-state index >= 15 is 0 Å². The van der Waals surface area contributed by atoms with Crippen LogP contribution in [0.3, 0.4) is 0 Å². The van der Waals surface area contributed by atoms with Crippen LogP contribution in [0.15, 0.2) is 36.5 Å². The summed E-state index contributed by atoms with van der Waals surface area (Å²) in [7, 11) is 0. The van der Waals surface area contributed by atoms with Gasteiger partial charge in [-0.1, -0.05) is 0 Å². The molecule has 150 valence electrons. The van der Waals surface area contributed by atoms with Gasteiger partial charge in [-0.3, -0.25) is 9.69 Å². The number of morpholine rings is 1. The third-order valence-corrected chi connectivity index (χ3v) is 4.12. The first kappa shape index (κ1) is 20.0. The number of alkyl halides is 2. The zero-order valence-corrected chi connectivity index (χ0v) is 14.8. The second-order valence-corrected chi connectivity index (χ2v) is 6.18. The van der Waals surface area contributed by atoms with Crippen molar-refractivity contribution in [3.8, 4) is 11.5 Å². The molecule has 1 amide bonds. The molecule has 1 N–H and O–H groups in total. The standard InChI is InChI=1S/C18H17F4N3O3/c1-11(25-6-7-27-18(21,22)10-25)17(26)24-16-5-3-13(9-23-16)28-15-4-2-12(19)8-14(15)20/h2-5,8-9,11H,6-7,10H2,1H3,(H,23,24,26). The van der Waals surface area contributed by atoms with Gasteiger partial charge in [0.15, 0.2) is 11.6 Å². The number of nitrogens with zero attached hydrogens (tertiary/aromatic N) is 2. The number of ether oxygens (including phenoxy) is 2. The molecule has 1 saturated heterocycles. The number of aromatic nitrogens is 1. The number of carbonyl (C=O) groups is 1. The monoisotopic (exact) mass is 399 g/mol. The Kier molecular flexibility index (Phi) is 5.80. The van der Waals surface area contributed by atoms with Crippen molar-refractivity contribution in [2.75, 3.05) is 25.0 Å². The van der Waals surface area contributed by atoms with Gasteiger partial charge in [-0.05, 0) is 31.2 Å². The zero-order valence-electron chi connectivity index (χ0n) is 14.8. The van der Waals surface area contributed by atoms with Gasteiger partial charge in [-0.2, -0.15) is 8.78 Å². The van der Waals surface area contributed by atoms with E-state index in [0.29, 0.717) is 6.07 Å².